The Balaban J connectivity index is 1.48. The molecule has 7 rings (SSSR count). The molecular formula is C34H22N2O4. The molecule has 0 saturated carbocycles. The van der Waals surface area contributed by atoms with Crippen molar-refractivity contribution in [2.24, 2.45) is 0 Å². The fourth-order valence-corrected chi connectivity index (χ4v) is 5.59. The standard InChI is InChI=1S/C34H22N2O4/c37-31-27(25-21-15-7-9-17-23(21)35-29(25)19-11-3-1-4-12-19)32(38)34(40)28(33(31)39)26-22-16-8-10-18-24(22)36-30(26)20-13-5-2-6-14-20/h1-18,35-37,40H. The third-order valence-electron chi connectivity index (χ3n) is 7.39. The number of aliphatic hydroxyl groups is 2. The van der Waals surface area contributed by atoms with Gasteiger partial charge in [0.2, 0.25) is 11.6 Å². The number of aliphatic hydroxyl groups excluding tert-OH is 2. The van der Waals surface area contributed by atoms with Crippen LogP contribution in [-0.2, 0) is 9.59 Å². The smallest absolute Gasteiger partial charge is 0.232 e. The highest BCUT2D eigenvalue weighted by Gasteiger charge is 2.40. The zero-order valence-electron chi connectivity index (χ0n) is 21.1. The van der Waals surface area contributed by atoms with E-state index in [4.69, 9.17) is 0 Å². The first kappa shape index (κ1) is 23.5. The van der Waals surface area contributed by atoms with Crippen LogP contribution in [0.3, 0.4) is 0 Å². The number of para-hydroxylation sites is 2. The molecule has 0 atom stereocenters. The number of nitrogens with one attached hydrogen (secondary N) is 2. The van der Waals surface area contributed by atoms with E-state index in [2.05, 4.69) is 9.97 Å². The summed E-state index contributed by atoms with van der Waals surface area (Å²) in [5.74, 6) is -3.05. The predicted molar refractivity (Wildman–Crippen MR) is 157 cm³/mol. The van der Waals surface area contributed by atoms with Crippen LogP contribution in [0, 0.1) is 0 Å². The van der Waals surface area contributed by atoms with Gasteiger partial charge in [0.15, 0.2) is 11.5 Å². The zero-order valence-corrected chi connectivity index (χ0v) is 21.1. The number of aromatic nitrogens is 2. The van der Waals surface area contributed by atoms with Crippen LogP contribution < -0.4 is 0 Å². The van der Waals surface area contributed by atoms with Crippen LogP contribution in [0.4, 0.5) is 0 Å². The second-order valence-corrected chi connectivity index (χ2v) is 9.68. The van der Waals surface area contributed by atoms with E-state index in [1.165, 1.54) is 0 Å². The van der Waals surface area contributed by atoms with E-state index in [-0.39, 0.29) is 11.1 Å². The molecule has 0 unspecified atom stereocenters. The molecule has 2 heterocycles. The molecule has 0 aliphatic heterocycles. The Morgan fingerprint density at radius 1 is 0.450 bits per heavy atom. The van der Waals surface area contributed by atoms with Crippen LogP contribution in [0.25, 0.3) is 55.5 Å². The molecule has 6 aromatic rings. The quantitative estimate of drug-likeness (QED) is 0.181. The van der Waals surface area contributed by atoms with E-state index in [0.717, 1.165) is 22.2 Å². The molecule has 0 fully saturated rings. The van der Waals surface area contributed by atoms with Gasteiger partial charge in [-0.3, -0.25) is 9.59 Å². The van der Waals surface area contributed by atoms with Gasteiger partial charge in [-0.1, -0.05) is 97.1 Å². The summed E-state index contributed by atoms with van der Waals surface area (Å²) in [6, 6.07) is 33.4. The van der Waals surface area contributed by atoms with Gasteiger partial charge < -0.3 is 20.2 Å². The number of carbonyl (C=O) groups excluding carboxylic acids is 2. The van der Waals surface area contributed by atoms with Crippen LogP contribution in [0.15, 0.2) is 121 Å². The van der Waals surface area contributed by atoms with Crippen molar-refractivity contribution in [2.75, 3.05) is 0 Å². The molecule has 6 heteroatoms. The fraction of sp³-hybridized carbons (Fsp3) is 0. The highest BCUT2D eigenvalue weighted by Crippen LogP contribution is 2.44. The SMILES string of the molecule is O=C1C(O)=C(c2c(-c3ccccc3)[nH]c3ccccc23)C(=O)C(O)=C1c1c(-c2ccccc2)[nH]c2ccccc12. The molecule has 0 spiro atoms. The molecule has 4 aromatic carbocycles. The molecule has 6 nitrogen and oxygen atoms in total. The zero-order chi connectivity index (χ0) is 27.4. The van der Waals surface area contributed by atoms with Gasteiger partial charge in [0.1, 0.15) is 0 Å². The number of ketones is 2. The summed E-state index contributed by atoms with van der Waals surface area (Å²) < 4.78 is 0. The number of allylic oxidation sites excluding steroid dienone is 2. The minimum Gasteiger partial charge on any atom is -0.504 e. The maximum absolute atomic E-state index is 14.0. The number of H-pyrrole nitrogens is 2. The number of carbonyl (C=O) groups is 2. The molecule has 192 valence electrons. The Labute approximate surface area is 228 Å². The van der Waals surface area contributed by atoms with Crippen LogP contribution >= 0.6 is 0 Å². The van der Waals surface area contributed by atoms with Gasteiger partial charge in [-0.05, 0) is 23.3 Å². The molecule has 0 radical (unpaired) electrons. The summed E-state index contributed by atoms with van der Waals surface area (Å²) in [6.07, 6.45) is 0. The Hall–Kier alpha value is -5.62. The average Bonchev–Trinajstić information content (AvgIpc) is 3.57. The van der Waals surface area contributed by atoms with Gasteiger partial charge >= 0.3 is 0 Å². The molecule has 1 aliphatic rings. The third-order valence-corrected chi connectivity index (χ3v) is 7.39. The first-order valence-corrected chi connectivity index (χ1v) is 12.8. The number of fused-ring (bicyclic) bond motifs is 2. The lowest BCUT2D eigenvalue weighted by atomic mass is 9.83. The van der Waals surface area contributed by atoms with Crippen molar-refractivity contribution in [3.05, 3.63) is 132 Å². The van der Waals surface area contributed by atoms with E-state index < -0.39 is 23.1 Å². The van der Waals surface area contributed by atoms with Crippen LogP contribution in [0.1, 0.15) is 11.1 Å². The van der Waals surface area contributed by atoms with Crippen molar-refractivity contribution < 1.29 is 19.8 Å². The lowest BCUT2D eigenvalue weighted by Crippen LogP contribution is -2.23. The molecule has 0 saturated heterocycles. The second kappa shape index (κ2) is 8.99. The number of Topliss-reactive ketones (excluding diaryl/α,β-unsaturated/α-hetero) is 2. The van der Waals surface area contributed by atoms with Gasteiger partial charge in [-0.2, -0.15) is 0 Å². The molecule has 0 bridgehead atoms. The van der Waals surface area contributed by atoms with Crippen LogP contribution in [0.5, 0.6) is 0 Å². The lowest BCUT2D eigenvalue weighted by Gasteiger charge is -2.20. The van der Waals surface area contributed by atoms with E-state index in [0.29, 0.717) is 33.3 Å². The summed E-state index contributed by atoms with van der Waals surface area (Å²) in [7, 11) is 0. The molecule has 2 aromatic heterocycles. The monoisotopic (exact) mass is 522 g/mol. The minimum absolute atomic E-state index is 0.233. The summed E-state index contributed by atoms with van der Waals surface area (Å²) in [5.41, 5.74) is 4.40. The average molecular weight is 523 g/mol. The maximum atomic E-state index is 14.0. The predicted octanol–water partition coefficient (Wildman–Crippen LogP) is 7.37. The Kier molecular flexibility index (Phi) is 5.28. The van der Waals surface area contributed by atoms with Crippen molar-refractivity contribution in [1.29, 1.82) is 0 Å². The van der Waals surface area contributed by atoms with Gasteiger partial charge in [0.25, 0.3) is 0 Å². The Morgan fingerprint density at radius 3 is 1.20 bits per heavy atom. The fourth-order valence-electron chi connectivity index (χ4n) is 5.59. The van der Waals surface area contributed by atoms with Crippen molar-refractivity contribution in [2.45, 2.75) is 0 Å². The minimum atomic E-state index is -0.821. The van der Waals surface area contributed by atoms with Crippen molar-refractivity contribution in [3.8, 4) is 22.5 Å². The largest absolute Gasteiger partial charge is 0.504 e. The highest BCUT2D eigenvalue weighted by molar-refractivity contribution is 6.48. The normalized spacial score (nSPS) is 14.1. The summed E-state index contributed by atoms with van der Waals surface area (Å²) >= 11 is 0. The van der Waals surface area contributed by atoms with E-state index in [1.807, 2.05) is 109 Å². The van der Waals surface area contributed by atoms with Crippen LogP contribution in [0.2, 0.25) is 0 Å². The molecule has 0 amide bonds. The van der Waals surface area contributed by atoms with Gasteiger partial charge in [0.05, 0.1) is 22.5 Å². The highest BCUT2D eigenvalue weighted by atomic mass is 16.3. The van der Waals surface area contributed by atoms with E-state index >= 15 is 0 Å². The molecule has 40 heavy (non-hydrogen) atoms. The Morgan fingerprint density at radius 2 is 0.800 bits per heavy atom. The number of aromatic amines is 2. The van der Waals surface area contributed by atoms with Gasteiger partial charge in [-0.15, -0.1) is 0 Å². The van der Waals surface area contributed by atoms with E-state index in [9.17, 15) is 19.8 Å². The van der Waals surface area contributed by atoms with Gasteiger partial charge in [0, 0.05) is 32.9 Å². The third kappa shape index (κ3) is 3.43. The van der Waals surface area contributed by atoms with Crippen molar-refractivity contribution >= 4 is 44.5 Å². The summed E-state index contributed by atoms with van der Waals surface area (Å²) in [4.78, 5) is 34.6. The summed E-state index contributed by atoms with van der Waals surface area (Å²) in [5, 5.41) is 24.2. The van der Waals surface area contributed by atoms with Gasteiger partial charge in [-0.25, -0.2) is 0 Å². The molecule has 4 N–H and O–H groups in total. The van der Waals surface area contributed by atoms with Crippen LogP contribution in [-0.4, -0.2) is 31.7 Å². The lowest BCUT2D eigenvalue weighted by molar-refractivity contribution is -0.116. The first-order valence-electron chi connectivity index (χ1n) is 12.8. The Bertz CT molecular complexity index is 1890. The number of hydrogen-bond acceptors (Lipinski definition) is 4. The number of hydrogen-bond donors (Lipinski definition) is 4. The topological polar surface area (TPSA) is 106 Å². The second-order valence-electron chi connectivity index (χ2n) is 9.68. The summed E-state index contributed by atoms with van der Waals surface area (Å²) in [6.45, 7) is 0. The molecule has 1 aliphatic carbocycles. The first-order chi connectivity index (χ1) is 19.5. The number of benzene rings is 4. The molecular weight excluding hydrogens is 500 g/mol. The van der Waals surface area contributed by atoms with E-state index in [1.54, 1.807) is 0 Å². The maximum Gasteiger partial charge on any atom is 0.232 e. The van der Waals surface area contributed by atoms with Crippen molar-refractivity contribution in [3.63, 3.8) is 0 Å². The van der Waals surface area contributed by atoms with Crippen molar-refractivity contribution in [1.82, 2.24) is 9.97 Å². The number of rotatable bonds is 4.